The van der Waals surface area contributed by atoms with E-state index in [9.17, 15) is 13.2 Å². The van der Waals surface area contributed by atoms with Crippen molar-refractivity contribution in [2.75, 3.05) is 28.8 Å². The number of carbonyl (C=O) groups is 1. The van der Waals surface area contributed by atoms with Crippen LogP contribution >= 0.6 is 22.6 Å². The summed E-state index contributed by atoms with van der Waals surface area (Å²) >= 11 is 2.16. The van der Waals surface area contributed by atoms with E-state index in [1.54, 1.807) is 30.3 Å². The van der Waals surface area contributed by atoms with Crippen LogP contribution < -0.4 is 14.5 Å². The molecule has 0 atom stereocenters. The highest BCUT2D eigenvalue weighted by molar-refractivity contribution is 14.1. The maximum atomic E-state index is 13.3. The third-order valence-corrected chi connectivity index (χ3v) is 8.14. The summed E-state index contributed by atoms with van der Waals surface area (Å²) in [7, 11) is -3.90. The molecular formula is C25H26IN3O3S. The average Bonchev–Trinajstić information content (AvgIpc) is 3.38. The molecule has 3 aromatic rings. The number of nitrogens with one attached hydrogen (secondary N) is 1. The molecule has 1 aliphatic rings. The van der Waals surface area contributed by atoms with Crippen LogP contribution in [0.25, 0.3) is 0 Å². The summed E-state index contributed by atoms with van der Waals surface area (Å²) in [6, 6.07) is 23.4. The highest BCUT2D eigenvalue weighted by atomic mass is 127. The molecule has 1 aliphatic heterocycles. The van der Waals surface area contributed by atoms with Gasteiger partial charge in [0.25, 0.3) is 10.0 Å². The maximum absolute atomic E-state index is 13.3. The number of sulfonamides is 1. The lowest BCUT2D eigenvalue weighted by molar-refractivity contribution is -0.119. The van der Waals surface area contributed by atoms with Gasteiger partial charge in [-0.3, -0.25) is 9.10 Å². The van der Waals surface area contributed by atoms with Crippen LogP contribution in [-0.2, 0) is 21.4 Å². The molecule has 0 aliphatic carbocycles. The third-order valence-electron chi connectivity index (χ3n) is 5.63. The zero-order valence-electron chi connectivity index (χ0n) is 18.2. The fraction of sp³-hybridized carbons (Fsp3) is 0.240. The molecule has 1 heterocycles. The normalized spacial score (nSPS) is 13.7. The van der Waals surface area contributed by atoms with Gasteiger partial charge in [-0.15, -0.1) is 0 Å². The van der Waals surface area contributed by atoms with Gasteiger partial charge >= 0.3 is 0 Å². The lowest BCUT2D eigenvalue weighted by Gasteiger charge is -2.24. The smallest absolute Gasteiger partial charge is 0.264 e. The van der Waals surface area contributed by atoms with Gasteiger partial charge in [0.15, 0.2) is 0 Å². The van der Waals surface area contributed by atoms with E-state index in [0.717, 1.165) is 26.5 Å². The van der Waals surface area contributed by atoms with E-state index in [4.69, 9.17) is 0 Å². The van der Waals surface area contributed by atoms with Gasteiger partial charge in [-0.1, -0.05) is 30.3 Å². The molecule has 0 spiro atoms. The molecule has 1 amide bonds. The Morgan fingerprint density at radius 3 is 2.18 bits per heavy atom. The van der Waals surface area contributed by atoms with Crippen LogP contribution in [0.5, 0.6) is 0 Å². The first kappa shape index (κ1) is 23.6. The third kappa shape index (κ3) is 5.86. The van der Waals surface area contributed by atoms with E-state index >= 15 is 0 Å². The van der Waals surface area contributed by atoms with Crippen molar-refractivity contribution in [2.45, 2.75) is 24.3 Å². The van der Waals surface area contributed by atoms with E-state index < -0.39 is 10.0 Å². The van der Waals surface area contributed by atoms with Crippen molar-refractivity contribution >= 4 is 49.9 Å². The Morgan fingerprint density at radius 1 is 0.909 bits per heavy atom. The van der Waals surface area contributed by atoms with E-state index in [-0.39, 0.29) is 17.3 Å². The highest BCUT2D eigenvalue weighted by Crippen LogP contribution is 2.24. The molecule has 0 unspecified atom stereocenters. The first-order chi connectivity index (χ1) is 15.9. The minimum atomic E-state index is -3.90. The number of halogens is 1. The summed E-state index contributed by atoms with van der Waals surface area (Å²) in [6.45, 7) is 2.20. The van der Waals surface area contributed by atoms with Gasteiger partial charge in [0.2, 0.25) is 5.91 Å². The largest absolute Gasteiger partial charge is 0.372 e. The molecule has 0 saturated carbocycles. The zero-order chi connectivity index (χ0) is 23.3. The van der Waals surface area contributed by atoms with Crippen molar-refractivity contribution in [1.82, 2.24) is 5.32 Å². The molecule has 0 bridgehead atoms. The number of hydrogen-bond donors (Lipinski definition) is 1. The van der Waals surface area contributed by atoms with Crippen molar-refractivity contribution < 1.29 is 13.2 Å². The lowest BCUT2D eigenvalue weighted by atomic mass is 10.2. The monoisotopic (exact) mass is 575 g/mol. The molecular weight excluding hydrogens is 549 g/mol. The Balaban J connectivity index is 1.46. The van der Waals surface area contributed by atoms with Crippen molar-refractivity contribution in [3.8, 4) is 0 Å². The van der Waals surface area contributed by atoms with Crippen LogP contribution in [0.1, 0.15) is 18.4 Å². The van der Waals surface area contributed by atoms with E-state index in [2.05, 4.69) is 44.9 Å². The molecule has 3 aromatic carbocycles. The summed E-state index contributed by atoms with van der Waals surface area (Å²) in [4.78, 5) is 15.3. The SMILES string of the molecule is O=C(CN(c1ccc(I)cc1)S(=O)(=O)c1ccccc1)NCc1ccc(N2CCCC2)cc1. The predicted octanol–water partition coefficient (Wildman–Crippen LogP) is 4.40. The summed E-state index contributed by atoms with van der Waals surface area (Å²) < 4.78 is 28.8. The number of nitrogens with zero attached hydrogens (tertiary/aromatic N) is 2. The molecule has 1 saturated heterocycles. The molecule has 0 aromatic heterocycles. The summed E-state index contributed by atoms with van der Waals surface area (Å²) in [5.74, 6) is -0.364. The molecule has 1 N–H and O–H groups in total. The van der Waals surface area contributed by atoms with E-state index in [0.29, 0.717) is 12.2 Å². The van der Waals surface area contributed by atoms with Crippen LogP contribution in [0, 0.1) is 3.57 Å². The number of carbonyl (C=O) groups excluding carboxylic acids is 1. The Hall–Kier alpha value is -2.59. The maximum Gasteiger partial charge on any atom is 0.264 e. The minimum absolute atomic E-state index is 0.147. The molecule has 172 valence electrons. The molecule has 6 nitrogen and oxygen atoms in total. The molecule has 1 fully saturated rings. The van der Waals surface area contributed by atoms with Crippen LogP contribution in [0.3, 0.4) is 0 Å². The number of anilines is 2. The van der Waals surface area contributed by atoms with Crippen molar-refractivity contribution in [2.24, 2.45) is 0 Å². The van der Waals surface area contributed by atoms with Gasteiger partial charge in [0.1, 0.15) is 6.54 Å². The predicted molar refractivity (Wildman–Crippen MR) is 140 cm³/mol. The minimum Gasteiger partial charge on any atom is -0.372 e. The Bertz CT molecular complexity index is 1180. The molecule has 0 radical (unpaired) electrons. The number of benzene rings is 3. The van der Waals surface area contributed by atoms with Crippen molar-refractivity contribution in [3.05, 3.63) is 88.0 Å². The van der Waals surface area contributed by atoms with Gasteiger partial charge in [0.05, 0.1) is 10.6 Å². The van der Waals surface area contributed by atoms with Gasteiger partial charge < -0.3 is 10.2 Å². The Kier molecular flexibility index (Phi) is 7.54. The van der Waals surface area contributed by atoms with Crippen LogP contribution in [0.4, 0.5) is 11.4 Å². The van der Waals surface area contributed by atoms with E-state index in [1.165, 1.54) is 30.7 Å². The fourth-order valence-electron chi connectivity index (χ4n) is 3.83. The first-order valence-corrected chi connectivity index (χ1v) is 13.4. The van der Waals surface area contributed by atoms with Gasteiger partial charge in [-0.05, 0) is 89.5 Å². The van der Waals surface area contributed by atoms with Crippen LogP contribution in [0.15, 0.2) is 83.8 Å². The second-order valence-electron chi connectivity index (χ2n) is 7.94. The van der Waals surface area contributed by atoms with Gasteiger partial charge in [-0.2, -0.15) is 0 Å². The second kappa shape index (κ2) is 10.6. The highest BCUT2D eigenvalue weighted by Gasteiger charge is 2.27. The number of amides is 1. The van der Waals surface area contributed by atoms with Gasteiger partial charge in [0, 0.05) is 28.9 Å². The van der Waals surface area contributed by atoms with E-state index in [1.807, 2.05) is 24.3 Å². The topological polar surface area (TPSA) is 69.7 Å². The number of hydrogen-bond acceptors (Lipinski definition) is 4. The molecule has 4 rings (SSSR count). The van der Waals surface area contributed by atoms with Crippen molar-refractivity contribution in [1.29, 1.82) is 0 Å². The lowest BCUT2D eigenvalue weighted by Crippen LogP contribution is -2.40. The van der Waals surface area contributed by atoms with Crippen LogP contribution in [-0.4, -0.2) is 34.0 Å². The zero-order valence-corrected chi connectivity index (χ0v) is 21.1. The fourth-order valence-corrected chi connectivity index (χ4v) is 5.63. The summed E-state index contributed by atoms with van der Waals surface area (Å²) in [6.07, 6.45) is 2.45. The molecule has 33 heavy (non-hydrogen) atoms. The Morgan fingerprint density at radius 2 is 1.55 bits per heavy atom. The quantitative estimate of drug-likeness (QED) is 0.405. The van der Waals surface area contributed by atoms with Gasteiger partial charge in [-0.25, -0.2) is 8.42 Å². The van der Waals surface area contributed by atoms with Crippen LogP contribution in [0.2, 0.25) is 0 Å². The van der Waals surface area contributed by atoms with Crippen molar-refractivity contribution in [3.63, 3.8) is 0 Å². The summed E-state index contributed by atoms with van der Waals surface area (Å²) in [5, 5.41) is 2.86. The standard InChI is InChI=1S/C25H26IN3O3S/c26-21-10-14-23(15-11-21)29(33(31,32)24-6-2-1-3-7-24)19-25(30)27-18-20-8-12-22(13-9-20)28-16-4-5-17-28/h1-3,6-15H,4-5,16-19H2,(H,27,30). The number of rotatable bonds is 8. The molecule has 8 heteroatoms. The Labute approximate surface area is 208 Å². The second-order valence-corrected chi connectivity index (χ2v) is 11.0. The summed E-state index contributed by atoms with van der Waals surface area (Å²) in [5.41, 5.74) is 2.61. The average molecular weight is 575 g/mol. The first-order valence-electron chi connectivity index (χ1n) is 10.9.